The predicted octanol–water partition coefficient (Wildman–Crippen LogP) is 1.63. The lowest BCUT2D eigenvalue weighted by Gasteiger charge is -2.31. The number of anilines is 1. The van der Waals surface area contributed by atoms with E-state index in [1.54, 1.807) is 6.07 Å². The standard InChI is InChI=1S/C14H21N3O2S/c1-9-12(15)7-13(20-9)14(19)17-5-3-11(4-6-17)8-16-10(2)18/h7,11H,3-6,8,15H2,1-2H3,(H,16,18). The minimum atomic E-state index is 0.00745. The summed E-state index contributed by atoms with van der Waals surface area (Å²) < 4.78 is 0. The number of hydrogen-bond donors (Lipinski definition) is 2. The molecular formula is C14H21N3O2S. The first kappa shape index (κ1) is 14.8. The molecule has 0 unspecified atom stereocenters. The Morgan fingerprint density at radius 2 is 2.10 bits per heavy atom. The van der Waals surface area contributed by atoms with Gasteiger partial charge in [-0.05, 0) is 31.7 Å². The Bertz CT molecular complexity index is 485. The quantitative estimate of drug-likeness (QED) is 0.890. The molecule has 1 aromatic heterocycles. The van der Waals surface area contributed by atoms with E-state index in [0.717, 1.165) is 35.7 Å². The van der Waals surface area contributed by atoms with Crippen molar-refractivity contribution in [2.45, 2.75) is 26.7 Å². The van der Waals surface area contributed by atoms with Crippen LogP contribution in [0, 0.1) is 12.8 Å². The number of likely N-dealkylation sites (tertiary alicyclic amines) is 1. The minimum Gasteiger partial charge on any atom is -0.398 e. The van der Waals surface area contributed by atoms with Crippen LogP contribution in [0.3, 0.4) is 0 Å². The highest BCUT2D eigenvalue weighted by Gasteiger charge is 2.24. The third-order valence-corrected chi connectivity index (χ3v) is 4.76. The van der Waals surface area contributed by atoms with Crippen LogP contribution in [-0.4, -0.2) is 36.3 Å². The number of carbonyl (C=O) groups excluding carboxylic acids is 2. The molecule has 6 heteroatoms. The lowest BCUT2D eigenvalue weighted by atomic mass is 9.96. The van der Waals surface area contributed by atoms with Crippen molar-refractivity contribution in [3.63, 3.8) is 0 Å². The van der Waals surface area contributed by atoms with Gasteiger partial charge in [0.15, 0.2) is 0 Å². The van der Waals surface area contributed by atoms with Crippen LogP contribution in [0.4, 0.5) is 5.69 Å². The van der Waals surface area contributed by atoms with Crippen molar-refractivity contribution in [1.82, 2.24) is 10.2 Å². The second kappa shape index (κ2) is 6.26. The maximum atomic E-state index is 12.3. The van der Waals surface area contributed by atoms with E-state index in [0.29, 0.717) is 18.2 Å². The fourth-order valence-corrected chi connectivity index (χ4v) is 3.29. The van der Waals surface area contributed by atoms with E-state index >= 15 is 0 Å². The van der Waals surface area contributed by atoms with Gasteiger partial charge in [-0.1, -0.05) is 0 Å². The summed E-state index contributed by atoms with van der Waals surface area (Å²) in [6.07, 6.45) is 1.87. The Kier molecular flexibility index (Phi) is 4.65. The van der Waals surface area contributed by atoms with Crippen LogP contribution < -0.4 is 11.1 Å². The number of amides is 2. The van der Waals surface area contributed by atoms with Crippen LogP contribution in [-0.2, 0) is 4.79 Å². The third-order valence-electron chi connectivity index (χ3n) is 3.71. The monoisotopic (exact) mass is 295 g/mol. The van der Waals surface area contributed by atoms with Crippen LogP contribution >= 0.6 is 11.3 Å². The van der Waals surface area contributed by atoms with E-state index < -0.39 is 0 Å². The normalized spacial score (nSPS) is 16.2. The minimum absolute atomic E-state index is 0.00745. The first-order valence-electron chi connectivity index (χ1n) is 6.87. The van der Waals surface area contributed by atoms with E-state index in [4.69, 9.17) is 5.73 Å². The average Bonchev–Trinajstić information content (AvgIpc) is 2.76. The van der Waals surface area contributed by atoms with Crippen molar-refractivity contribution in [3.05, 3.63) is 15.8 Å². The van der Waals surface area contributed by atoms with Gasteiger partial charge in [-0.25, -0.2) is 0 Å². The van der Waals surface area contributed by atoms with E-state index in [1.165, 1.54) is 18.3 Å². The number of nitrogens with one attached hydrogen (secondary N) is 1. The molecule has 1 aromatic rings. The Labute approximate surface area is 123 Å². The van der Waals surface area contributed by atoms with Crippen LogP contribution in [0.15, 0.2) is 6.07 Å². The number of thiophene rings is 1. The van der Waals surface area contributed by atoms with Crippen LogP contribution in [0.2, 0.25) is 0 Å². The highest BCUT2D eigenvalue weighted by molar-refractivity contribution is 7.14. The zero-order valence-corrected chi connectivity index (χ0v) is 12.8. The smallest absolute Gasteiger partial charge is 0.264 e. The van der Waals surface area contributed by atoms with Gasteiger partial charge in [-0.3, -0.25) is 9.59 Å². The number of carbonyl (C=O) groups is 2. The first-order valence-corrected chi connectivity index (χ1v) is 7.68. The number of nitrogen functional groups attached to an aromatic ring is 1. The van der Waals surface area contributed by atoms with Gasteiger partial charge in [0.1, 0.15) is 0 Å². The van der Waals surface area contributed by atoms with Gasteiger partial charge in [0, 0.05) is 37.1 Å². The zero-order chi connectivity index (χ0) is 14.7. The number of nitrogens with zero attached hydrogens (tertiary/aromatic N) is 1. The second-order valence-electron chi connectivity index (χ2n) is 5.29. The van der Waals surface area contributed by atoms with Crippen molar-refractivity contribution in [1.29, 1.82) is 0 Å². The zero-order valence-electron chi connectivity index (χ0n) is 11.9. The summed E-state index contributed by atoms with van der Waals surface area (Å²) in [6, 6.07) is 1.77. The van der Waals surface area contributed by atoms with Gasteiger partial charge < -0.3 is 16.0 Å². The number of aryl methyl sites for hydroxylation is 1. The van der Waals surface area contributed by atoms with E-state index in [-0.39, 0.29) is 11.8 Å². The molecule has 0 bridgehead atoms. The van der Waals surface area contributed by atoms with Gasteiger partial charge >= 0.3 is 0 Å². The van der Waals surface area contributed by atoms with Crippen molar-refractivity contribution in [3.8, 4) is 0 Å². The molecular weight excluding hydrogens is 274 g/mol. The second-order valence-corrected chi connectivity index (χ2v) is 6.55. The molecule has 2 amide bonds. The number of nitrogens with two attached hydrogens (primary N) is 1. The largest absolute Gasteiger partial charge is 0.398 e. The summed E-state index contributed by atoms with van der Waals surface area (Å²) in [5, 5.41) is 2.84. The summed E-state index contributed by atoms with van der Waals surface area (Å²) >= 11 is 1.46. The molecule has 0 spiro atoms. The summed E-state index contributed by atoms with van der Waals surface area (Å²) in [6.45, 7) is 5.67. The first-order chi connectivity index (χ1) is 9.47. The Hall–Kier alpha value is -1.56. The Morgan fingerprint density at radius 3 is 2.60 bits per heavy atom. The molecule has 1 aliphatic heterocycles. The SMILES string of the molecule is CC(=O)NCC1CCN(C(=O)c2cc(N)c(C)s2)CC1. The summed E-state index contributed by atoms with van der Waals surface area (Å²) in [4.78, 5) is 26.8. The molecule has 1 aliphatic rings. The molecule has 1 fully saturated rings. The molecule has 3 N–H and O–H groups in total. The van der Waals surface area contributed by atoms with Crippen LogP contribution in [0.1, 0.15) is 34.3 Å². The lowest BCUT2D eigenvalue weighted by molar-refractivity contribution is -0.119. The fraction of sp³-hybridized carbons (Fsp3) is 0.571. The van der Waals surface area contributed by atoms with Crippen molar-refractivity contribution < 1.29 is 9.59 Å². The van der Waals surface area contributed by atoms with Gasteiger partial charge in [-0.2, -0.15) is 0 Å². The molecule has 0 atom stereocenters. The maximum absolute atomic E-state index is 12.3. The number of rotatable bonds is 3. The highest BCUT2D eigenvalue weighted by Crippen LogP contribution is 2.26. The van der Waals surface area contributed by atoms with Gasteiger partial charge in [0.25, 0.3) is 5.91 Å². The Balaban J connectivity index is 1.87. The molecule has 0 radical (unpaired) electrons. The van der Waals surface area contributed by atoms with E-state index in [2.05, 4.69) is 5.32 Å². The predicted molar refractivity (Wildman–Crippen MR) is 80.8 cm³/mol. The van der Waals surface area contributed by atoms with Crippen molar-refractivity contribution in [2.24, 2.45) is 5.92 Å². The third kappa shape index (κ3) is 3.50. The summed E-state index contributed by atoms with van der Waals surface area (Å²) in [5.74, 6) is 0.555. The van der Waals surface area contributed by atoms with Crippen LogP contribution in [0.25, 0.3) is 0 Å². The van der Waals surface area contributed by atoms with E-state index in [1.807, 2.05) is 11.8 Å². The summed E-state index contributed by atoms with van der Waals surface area (Å²) in [7, 11) is 0. The average molecular weight is 295 g/mol. The molecule has 20 heavy (non-hydrogen) atoms. The molecule has 0 saturated carbocycles. The molecule has 0 aromatic carbocycles. The molecule has 5 nitrogen and oxygen atoms in total. The van der Waals surface area contributed by atoms with E-state index in [9.17, 15) is 9.59 Å². The van der Waals surface area contributed by atoms with Crippen LogP contribution in [0.5, 0.6) is 0 Å². The Morgan fingerprint density at radius 1 is 1.45 bits per heavy atom. The topological polar surface area (TPSA) is 75.4 Å². The summed E-state index contributed by atoms with van der Waals surface area (Å²) in [5.41, 5.74) is 6.49. The highest BCUT2D eigenvalue weighted by atomic mass is 32.1. The molecule has 110 valence electrons. The fourth-order valence-electron chi connectivity index (χ4n) is 2.39. The molecule has 0 aliphatic carbocycles. The van der Waals surface area contributed by atoms with Gasteiger partial charge in [0.2, 0.25) is 5.91 Å². The van der Waals surface area contributed by atoms with Gasteiger partial charge in [0.05, 0.1) is 4.88 Å². The number of hydrogen-bond acceptors (Lipinski definition) is 4. The van der Waals surface area contributed by atoms with Crippen molar-refractivity contribution in [2.75, 3.05) is 25.4 Å². The molecule has 1 saturated heterocycles. The lowest BCUT2D eigenvalue weighted by Crippen LogP contribution is -2.41. The molecule has 2 rings (SSSR count). The van der Waals surface area contributed by atoms with Crippen molar-refractivity contribution >= 4 is 28.8 Å². The number of piperidine rings is 1. The maximum Gasteiger partial charge on any atom is 0.264 e. The molecule has 2 heterocycles. The van der Waals surface area contributed by atoms with Gasteiger partial charge in [-0.15, -0.1) is 11.3 Å².